The lowest BCUT2D eigenvalue weighted by atomic mass is 10.0. The minimum absolute atomic E-state index is 0.293. The molecule has 0 heterocycles. The van der Waals surface area contributed by atoms with Crippen LogP contribution in [0.25, 0.3) is 10.8 Å². The molecule has 18 heavy (non-hydrogen) atoms. The molecule has 0 aliphatic heterocycles. The summed E-state index contributed by atoms with van der Waals surface area (Å²) in [5, 5.41) is 2.21. The lowest BCUT2D eigenvalue weighted by Gasteiger charge is -2.22. The average Bonchev–Trinajstić information content (AvgIpc) is 2.45. The van der Waals surface area contributed by atoms with E-state index in [1.807, 2.05) is 49.4 Å². The van der Waals surface area contributed by atoms with Crippen LogP contribution >= 0.6 is 7.60 Å². The molecule has 0 spiro atoms. The molecule has 0 aliphatic carbocycles. The summed E-state index contributed by atoms with van der Waals surface area (Å²) in [4.78, 5) is 0. The highest BCUT2D eigenvalue weighted by Gasteiger charge is 2.32. The molecule has 0 unspecified atom stereocenters. The first kappa shape index (κ1) is 13.3. The molecular weight excluding hydrogens is 247 g/mol. The molecule has 96 valence electrons. The smallest absolute Gasteiger partial charge is 0.312 e. The van der Waals surface area contributed by atoms with Crippen LogP contribution < -0.4 is 0 Å². The van der Waals surface area contributed by atoms with Crippen molar-refractivity contribution in [1.82, 2.24) is 0 Å². The Bertz CT molecular complexity index is 581. The van der Waals surface area contributed by atoms with Crippen molar-refractivity contribution in [3.63, 3.8) is 0 Å². The van der Waals surface area contributed by atoms with Crippen LogP contribution in [0.2, 0.25) is 0 Å². The predicted octanol–water partition coefficient (Wildman–Crippen LogP) is 4.39. The van der Waals surface area contributed by atoms with Gasteiger partial charge in [-0.25, -0.2) is 0 Å². The standard InChI is InChI=1S/C14H17O3P/c1-11(18(15,16-2)17-3)13-10-6-8-12-7-4-5-9-14(12)13/h4-11H,1-3H3/t11-/m0/s1. The summed E-state index contributed by atoms with van der Waals surface area (Å²) >= 11 is 0. The Morgan fingerprint density at radius 2 is 1.61 bits per heavy atom. The highest BCUT2D eigenvalue weighted by Crippen LogP contribution is 2.60. The normalized spacial score (nSPS) is 13.7. The fourth-order valence-corrected chi connectivity index (χ4v) is 3.52. The Hall–Kier alpha value is -1.15. The van der Waals surface area contributed by atoms with E-state index in [1.165, 1.54) is 14.2 Å². The van der Waals surface area contributed by atoms with Crippen LogP contribution in [0.4, 0.5) is 0 Å². The lowest BCUT2D eigenvalue weighted by molar-refractivity contribution is 0.268. The summed E-state index contributed by atoms with van der Waals surface area (Å²) < 4.78 is 22.6. The minimum atomic E-state index is -3.10. The Labute approximate surface area is 107 Å². The molecule has 0 saturated heterocycles. The predicted molar refractivity (Wildman–Crippen MR) is 74.0 cm³/mol. The van der Waals surface area contributed by atoms with Crippen LogP contribution in [-0.4, -0.2) is 14.2 Å². The summed E-state index contributed by atoms with van der Waals surface area (Å²) in [6, 6.07) is 14.0. The molecule has 2 aromatic rings. The van der Waals surface area contributed by atoms with Gasteiger partial charge in [0.25, 0.3) is 0 Å². The topological polar surface area (TPSA) is 35.5 Å². The maximum Gasteiger partial charge on any atom is 0.337 e. The van der Waals surface area contributed by atoms with Gasteiger partial charge in [-0.1, -0.05) is 42.5 Å². The van der Waals surface area contributed by atoms with Gasteiger partial charge in [-0.05, 0) is 23.3 Å². The van der Waals surface area contributed by atoms with E-state index < -0.39 is 7.60 Å². The van der Waals surface area contributed by atoms with Crippen LogP contribution in [0.3, 0.4) is 0 Å². The van der Waals surface area contributed by atoms with Gasteiger partial charge in [0.15, 0.2) is 0 Å². The molecule has 3 nitrogen and oxygen atoms in total. The monoisotopic (exact) mass is 264 g/mol. The average molecular weight is 264 g/mol. The van der Waals surface area contributed by atoms with Crippen LogP contribution in [0, 0.1) is 0 Å². The largest absolute Gasteiger partial charge is 0.337 e. The Balaban J connectivity index is 2.58. The van der Waals surface area contributed by atoms with Crippen molar-refractivity contribution >= 4 is 18.4 Å². The molecule has 0 fully saturated rings. The molecule has 0 amide bonds. The van der Waals surface area contributed by atoms with Gasteiger partial charge in [0.1, 0.15) is 0 Å². The van der Waals surface area contributed by atoms with Crippen molar-refractivity contribution < 1.29 is 13.6 Å². The van der Waals surface area contributed by atoms with Gasteiger partial charge in [0.2, 0.25) is 0 Å². The molecule has 0 saturated carbocycles. The van der Waals surface area contributed by atoms with Crippen LogP contribution in [0.5, 0.6) is 0 Å². The van der Waals surface area contributed by atoms with Gasteiger partial charge in [0, 0.05) is 14.2 Å². The molecule has 2 aromatic carbocycles. The molecule has 4 heteroatoms. The maximum absolute atomic E-state index is 12.5. The van der Waals surface area contributed by atoms with Crippen molar-refractivity contribution in [2.45, 2.75) is 12.6 Å². The number of rotatable bonds is 4. The van der Waals surface area contributed by atoms with Crippen molar-refractivity contribution in [1.29, 1.82) is 0 Å². The van der Waals surface area contributed by atoms with E-state index in [0.29, 0.717) is 0 Å². The third-order valence-corrected chi connectivity index (χ3v) is 5.50. The first-order chi connectivity index (χ1) is 8.62. The molecule has 1 atom stereocenters. The third kappa shape index (κ3) is 2.22. The van der Waals surface area contributed by atoms with Gasteiger partial charge < -0.3 is 9.05 Å². The quantitative estimate of drug-likeness (QED) is 0.768. The van der Waals surface area contributed by atoms with Crippen molar-refractivity contribution in [2.75, 3.05) is 14.2 Å². The number of hydrogen-bond acceptors (Lipinski definition) is 3. The lowest BCUT2D eigenvalue weighted by Crippen LogP contribution is -2.00. The second-order valence-corrected chi connectivity index (χ2v) is 6.73. The fraction of sp³-hybridized carbons (Fsp3) is 0.286. The molecule has 0 radical (unpaired) electrons. The maximum atomic E-state index is 12.5. The summed E-state index contributed by atoms with van der Waals surface area (Å²) in [7, 11) is -0.253. The fourth-order valence-electron chi connectivity index (χ4n) is 2.18. The van der Waals surface area contributed by atoms with Gasteiger partial charge in [0.05, 0.1) is 5.66 Å². The second kappa shape index (κ2) is 5.23. The van der Waals surface area contributed by atoms with Gasteiger partial charge in [-0.3, -0.25) is 4.57 Å². The molecule has 0 aliphatic rings. The van der Waals surface area contributed by atoms with Crippen LogP contribution in [0.15, 0.2) is 42.5 Å². The highest BCUT2D eigenvalue weighted by atomic mass is 31.2. The molecular formula is C14H17O3P. The van der Waals surface area contributed by atoms with E-state index in [-0.39, 0.29) is 5.66 Å². The molecule has 0 aromatic heterocycles. The van der Waals surface area contributed by atoms with Crippen LogP contribution in [-0.2, 0) is 13.6 Å². The van der Waals surface area contributed by atoms with E-state index in [2.05, 4.69) is 0 Å². The first-order valence-electron chi connectivity index (χ1n) is 5.81. The summed E-state index contributed by atoms with van der Waals surface area (Å²) in [5.74, 6) is 0. The van der Waals surface area contributed by atoms with E-state index in [9.17, 15) is 4.57 Å². The zero-order valence-corrected chi connectivity index (χ0v) is 11.7. The van der Waals surface area contributed by atoms with Crippen molar-refractivity contribution in [2.24, 2.45) is 0 Å². The zero-order chi connectivity index (χ0) is 13.2. The Kier molecular flexibility index (Phi) is 3.86. The number of fused-ring (bicyclic) bond motifs is 1. The van der Waals surface area contributed by atoms with Gasteiger partial charge >= 0.3 is 7.60 Å². The Morgan fingerprint density at radius 1 is 1.00 bits per heavy atom. The molecule has 0 bridgehead atoms. The number of hydrogen-bond donors (Lipinski definition) is 0. The van der Waals surface area contributed by atoms with E-state index >= 15 is 0 Å². The van der Waals surface area contributed by atoms with Crippen molar-refractivity contribution in [3.05, 3.63) is 48.0 Å². The summed E-state index contributed by atoms with van der Waals surface area (Å²) in [6.45, 7) is 1.87. The Morgan fingerprint density at radius 3 is 2.28 bits per heavy atom. The third-order valence-electron chi connectivity index (χ3n) is 3.26. The first-order valence-corrected chi connectivity index (χ1v) is 7.42. The van der Waals surface area contributed by atoms with E-state index in [1.54, 1.807) is 0 Å². The second-order valence-electron chi connectivity index (χ2n) is 4.15. The SMILES string of the molecule is COP(=O)(OC)[C@@H](C)c1cccc2ccccc12. The summed E-state index contributed by atoms with van der Waals surface area (Å²) in [5.41, 5.74) is 0.693. The van der Waals surface area contributed by atoms with E-state index in [0.717, 1.165) is 16.3 Å². The summed E-state index contributed by atoms with van der Waals surface area (Å²) in [6.07, 6.45) is 0. The number of benzene rings is 2. The molecule has 0 N–H and O–H groups in total. The van der Waals surface area contributed by atoms with Crippen molar-refractivity contribution in [3.8, 4) is 0 Å². The highest BCUT2D eigenvalue weighted by molar-refractivity contribution is 7.54. The van der Waals surface area contributed by atoms with E-state index in [4.69, 9.17) is 9.05 Å². The zero-order valence-electron chi connectivity index (χ0n) is 10.8. The molecule has 2 rings (SSSR count). The van der Waals surface area contributed by atoms with Gasteiger partial charge in [-0.2, -0.15) is 0 Å². The van der Waals surface area contributed by atoms with Crippen LogP contribution in [0.1, 0.15) is 18.1 Å². The minimum Gasteiger partial charge on any atom is -0.312 e. The van der Waals surface area contributed by atoms with Gasteiger partial charge in [-0.15, -0.1) is 0 Å².